The molecule has 1 aliphatic heterocycles. The molecular formula is C13H25NO2. The maximum atomic E-state index is 10.9. The van der Waals surface area contributed by atoms with E-state index in [1.165, 1.54) is 39.3 Å². The van der Waals surface area contributed by atoms with Gasteiger partial charge in [0.25, 0.3) is 0 Å². The van der Waals surface area contributed by atoms with Crippen molar-refractivity contribution in [1.82, 2.24) is 4.90 Å². The minimum Gasteiger partial charge on any atom is -0.463 e. The van der Waals surface area contributed by atoms with Gasteiger partial charge in [-0.15, -0.1) is 0 Å². The average Bonchev–Trinajstić information content (AvgIpc) is 2.16. The van der Waals surface area contributed by atoms with Crippen molar-refractivity contribution in [3.8, 4) is 0 Å². The van der Waals surface area contributed by atoms with Crippen LogP contribution in [0.5, 0.6) is 0 Å². The Labute approximate surface area is 99.1 Å². The fourth-order valence-electron chi connectivity index (χ4n) is 2.66. The van der Waals surface area contributed by atoms with E-state index < -0.39 is 0 Å². The van der Waals surface area contributed by atoms with E-state index in [1.54, 1.807) is 0 Å². The zero-order valence-electron chi connectivity index (χ0n) is 11.1. The molecule has 0 aromatic carbocycles. The van der Waals surface area contributed by atoms with Crippen LogP contribution < -0.4 is 0 Å². The van der Waals surface area contributed by atoms with Crippen molar-refractivity contribution in [3.63, 3.8) is 0 Å². The standard InChI is InChI=1S/C13H25NO2/c1-11(16-12(2)15)10-13(3,4)14-8-6-5-7-9-14/h11H,5-10H2,1-4H3/t11-/m1/s1. The molecule has 0 N–H and O–H groups in total. The Balaban J connectivity index is 2.45. The maximum absolute atomic E-state index is 10.9. The van der Waals surface area contributed by atoms with Crippen molar-refractivity contribution >= 4 is 5.97 Å². The summed E-state index contributed by atoms with van der Waals surface area (Å²) in [7, 11) is 0. The number of carbonyl (C=O) groups excluding carboxylic acids is 1. The first kappa shape index (κ1) is 13.5. The van der Waals surface area contributed by atoms with Crippen LogP contribution in [0.3, 0.4) is 0 Å². The molecule has 1 heterocycles. The van der Waals surface area contributed by atoms with Crippen molar-refractivity contribution in [2.45, 2.75) is 65.0 Å². The molecule has 3 heteroatoms. The Kier molecular flexibility index (Phi) is 4.78. The molecule has 0 radical (unpaired) electrons. The number of nitrogens with zero attached hydrogens (tertiary/aromatic N) is 1. The zero-order chi connectivity index (χ0) is 12.2. The van der Waals surface area contributed by atoms with E-state index in [1.807, 2.05) is 6.92 Å². The van der Waals surface area contributed by atoms with Crippen LogP contribution in [0.4, 0.5) is 0 Å². The third-order valence-corrected chi connectivity index (χ3v) is 3.37. The Morgan fingerprint density at radius 2 is 1.88 bits per heavy atom. The first-order chi connectivity index (χ1) is 7.42. The van der Waals surface area contributed by atoms with Gasteiger partial charge in [-0.1, -0.05) is 6.42 Å². The quantitative estimate of drug-likeness (QED) is 0.691. The van der Waals surface area contributed by atoms with E-state index in [2.05, 4.69) is 18.7 Å². The van der Waals surface area contributed by atoms with Gasteiger partial charge in [-0.2, -0.15) is 0 Å². The number of rotatable bonds is 4. The van der Waals surface area contributed by atoms with Crippen LogP contribution in [0.1, 0.15) is 53.4 Å². The van der Waals surface area contributed by atoms with E-state index in [0.29, 0.717) is 0 Å². The van der Waals surface area contributed by atoms with Gasteiger partial charge in [0.1, 0.15) is 6.10 Å². The van der Waals surface area contributed by atoms with Crippen molar-refractivity contribution in [3.05, 3.63) is 0 Å². The molecule has 0 amide bonds. The third-order valence-electron chi connectivity index (χ3n) is 3.37. The number of carbonyl (C=O) groups is 1. The Bertz CT molecular complexity index is 232. The van der Waals surface area contributed by atoms with Gasteiger partial charge < -0.3 is 4.74 Å². The SMILES string of the molecule is CC(=O)O[C@H](C)CC(C)(C)N1CCCCC1. The molecule has 3 nitrogen and oxygen atoms in total. The molecule has 0 bridgehead atoms. The van der Waals surface area contributed by atoms with Gasteiger partial charge in [0.2, 0.25) is 0 Å². The monoisotopic (exact) mass is 227 g/mol. The molecule has 1 aliphatic rings. The maximum Gasteiger partial charge on any atom is 0.302 e. The first-order valence-corrected chi connectivity index (χ1v) is 6.34. The van der Waals surface area contributed by atoms with E-state index in [9.17, 15) is 4.79 Å². The normalized spacial score (nSPS) is 20.5. The molecular weight excluding hydrogens is 202 g/mol. The molecule has 0 unspecified atom stereocenters. The summed E-state index contributed by atoms with van der Waals surface area (Å²) in [4.78, 5) is 13.4. The highest BCUT2D eigenvalue weighted by molar-refractivity contribution is 5.66. The van der Waals surface area contributed by atoms with Crippen LogP contribution in [-0.4, -0.2) is 35.6 Å². The predicted molar refractivity (Wildman–Crippen MR) is 65.3 cm³/mol. The predicted octanol–water partition coefficient (Wildman–Crippen LogP) is 2.59. The molecule has 1 fully saturated rings. The summed E-state index contributed by atoms with van der Waals surface area (Å²) in [5.74, 6) is -0.179. The molecule has 1 atom stereocenters. The highest BCUT2D eigenvalue weighted by Crippen LogP contribution is 2.25. The second-order valence-corrected chi connectivity index (χ2v) is 5.48. The first-order valence-electron chi connectivity index (χ1n) is 6.34. The Hall–Kier alpha value is -0.570. The molecule has 1 saturated heterocycles. The smallest absolute Gasteiger partial charge is 0.302 e. The number of ether oxygens (including phenoxy) is 1. The van der Waals surface area contributed by atoms with Crippen molar-refractivity contribution in [1.29, 1.82) is 0 Å². The average molecular weight is 227 g/mol. The lowest BCUT2D eigenvalue weighted by atomic mass is 9.92. The number of piperidine rings is 1. The number of hydrogen-bond donors (Lipinski definition) is 0. The lowest BCUT2D eigenvalue weighted by Crippen LogP contribution is -2.48. The largest absolute Gasteiger partial charge is 0.463 e. The van der Waals surface area contributed by atoms with Crippen LogP contribution in [0.15, 0.2) is 0 Å². The lowest BCUT2D eigenvalue weighted by molar-refractivity contribution is -0.147. The highest BCUT2D eigenvalue weighted by Gasteiger charge is 2.30. The van der Waals surface area contributed by atoms with Crippen LogP contribution >= 0.6 is 0 Å². The summed E-state index contributed by atoms with van der Waals surface area (Å²) in [5.41, 5.74) is 0.134. The minimum atomic E-state index is -0.179. The number of esters is 1. The zero-order valence-corrected chi connectivity index (χ0v) is 11.1. The second kappa shape index (κ2) is 5.67. The van der Waals surface area contributed by atoms with Crippen LogP contribution in [0, 0.1) is 0 Å². The summed E-state index contributed by atoms with van der Waals surface area (Å²) in [5, 5.41) is 0. The van der Waals surface area contributed by atoms with Gasteiger partial charge in [0.05, 0.1) is 0 Å². The molecule has 0 aromatic rings. The fourth-order valence-corrected chi connectivity index (χ4v) is 2.66. The molecule has 94 valence electrons. The molecule has 0 saturated carbocycles. The summed E-state index contributed by atoms with van der Waals surface area (Å²) in [6.07, 6.45) is 4.87. The fraction of sp³-hybridized carbons (Fsp3) is 0.923. The lowest BCUT2D eigenvalue weighted by Gasteiger charge is -2.42. The summed E-state index contributed by atoms with van der Waals surface area (Å²) in [6.45, 7) is 10.3. The van der Waals surface area contributed by atoms with Crippen LogP contribution in [-0.2, 0) is 9.53 Å². The molecule has 1 rings (SSSR count). The van der Waals surface area contributed by atoms with Crippen LogP contribution in [0.2, 0.25) is 0 Å². The van der Waals surface area contributed by atoms with E-state index >= 15 is 0 Å². The Morgan fingerprint density at radius 3 is 2.38 bits per heavy atom. The van der Waals surface area contributed by atoms with E-state index in [0.717, 1.165) is 6.42 Å². The van der Waals surface area contributed by atoms with Gasteiger partial charge in [-0.25, -0.2) is 0 Å². The van der Waals surface area contributed by atoms with Crippen LogP contribution in [0.25, 0.3) is 0 Å². The Morgan fingerprint density at radius 1 is 1.31 bits per heavy atom. The molecule has 0 aliphatic carbocycles. The summed E-state index contributed by atoms with van der Waals surface area (Å²) < 4.78 is 5.21. The summed E-state index contributed by atoms with van der Waals surface area (Å²) in [6, 6.07) is 0. The van der Waals surface area contributed by atoms with Gasteiger partial charge in [0.15, 0.2) is 0 Å². The molecule has 16 heavy (non-hydrogen) atoms. The highest BCUT2D eigenvalue weighted by atomic mass is 16.5. The number of hydrogen-bond acceptors (Lipinski definition) is 3. The van der Waals surface area contributed by atoms with Crippen molar-refractivity contribution < 1.29 is 9.53 Å². The third kappa shape index (κ3) is 4.12. The topological polar surface area (TPSA) is 29.5 Å². The number of likely N-dealkylation sites (tertiary alicyclic amines) is 1. The van der Waals surface area contributed by atoms with Crippen molar-refractivity contribution in [2.24, 2.45) is 0 Å². The van der Waals surface area contributed by atoms with Gasteiger partial charge >= 0.3 is 5.97 Å². The summed E-state index contributed by atoms with van der Waals surface area (Å²) >= 11 is 0. The van der Waals surface area contributed by atoms with Gasteiger partial charge in [-0.05, 0) is 46.7 Å². The minimum absolute atomic E-state index is 0.00873. The second-order valence-electron chi connectivity index (χ2n) is 5.48. The van der Waals surface area contributed by atoms with E-state index in [4.69, 9.17) is 4.74 Å². The molecule has 0 spiro atoms. The van der Waals surface area contributed by atoms with Crippen molar-refractivity contribution in [2.75, 3.05) is 13.1 Å². The van der Waals surface area contributed by atoms with E-state index in [-0.39, 0.29) is 17.6 Å². The van der Waals surface area contributed by atoms with Gasteiger partial charge in [-0.3, -0.25) is 9.69 Å². The van der Waals surface area contributed by atoms with Gasteiger partial charge in [0, 0.05) is 18.9 Å². The molecule has 0 aromatic heterocycles.